The molecule has 10 heteroatoms. The van der Waals surface area contributed by atoms with Crippen LogP contribution in [0.2, 0.25) is 0 Å². The van der Waals surface area contributed by atoms with Crippen LogP contribution in [0.3, 0.4) is 0 Å². The zero-order valence-electron chi connectivity index (χ0n) is 15.8. The third-order valence-corrected chi connectivity index (χ3v) is 4.42. The molecule has 0 unspecified atom stereocenters. The highest BCUT2D eigenvalue weighted by Crippen LogP contribution is 2.40. The van der Waals surface area contributed by atoms with E-state index in [4.69, 9.17) is 0 Å². The Morgan fingerprint density at radius 1 is 0.968 bits per heavy atom. The molecule has 5 nitrogen and oxygen atoms in total. The second-order valence-corrected chi connectivity index (χ2v) is 6.40. The summed E-state index contributed by atoms with van der Waals surface area (Å²) < 4.78 is 71.5. The first-order valence-electron chi connectivity index (χ1n) is 8.91. The fourth-order valence-electron chi connectivity index (χ4n) is 3.10. The molecule has 158 valence electrons. The van der Waals surface area contributed by atoms with Gasteiger partial charge < -0.3 is 10.1 Å². The molecule has 4 rings (SSSR count). The molecular formula is C21H13F5N4O. The first-order valence-corrected chi connectivity index (χ1v) is 8.91. The minimum absolute atomic E-state index is 0.109. The maximum atomic E-state index is 14.4. The minimum atomic E-state index is -5.06. The monoisotopic (exact) mass is 432 g/mol. The zero-order chi connectivity index (χ0) is 22.2. The van der Waals surface area contributed by atoms with Gasteiger partial charge in [-0.2, -0.15) is 0 Å². The summed E-state index contributed by atoms with van der Waals surface area (Å²) in [6.07, 6.45) is -2.00. The van der Waals surface area contributed by atoms with Gasteiger partial charge in [-0.3, -0.25) is 4.98 Å². The van der Waals surface area contributed by atoms with Gasteiger partial charge in [-0.25, -0.2) is 18.7 Å². The Morgan fingerprint density at radius 3 is 2.45 bits per heavy atom. The third-order valence-electron chi connectivity index (χ3n) is 4.42. The van der Waals surface area contributed by atoms with Gasteiger partial charge in [-0.1, -0.05) is 12.1 Å². The molecule has 0 bridgehead atoms. The lowest BCUT2D eigenvalue weighted by atomic mass is 10.0. The Morgan fingerprint density at radius 2 is 1.77 bits per heavy atom. The van der Waals surface area contributed by atoms with Gasteiger partial charge in [-0.05, 0) is 24.3 Å². The largest absolute Gasteiger partial charge is 0.573 e. The van der Waals surface area contributed by atoms with Crippen LogP contribution in [0.4, 0.5) is 27.8 Å². The van der Waals surface area contributed by atoms with Crippen molar-refractivity contribution in [3.8, 4) is 28.3 Å². The molecule has 0 amide bonds. The van der Waals surface area contributed by atoms with Gasteiger partial charge in [0, 0.05) is 47.6 Å². The van der Waals surface area contributed by atoms with Crippen LogP contribution in [-0.4, -0.2) is 28.4 Å². The average Bonchev–Trinajstić information content (AvgIpc) is 2.74. The Balaban J connectivity index is 2.01. The molecule has 2 aromatic carbocycles. The second kappa shape index (κ2) is 7.78. The maximum absolute atomic E-state index is 14.4. The van der Waals surface area contributed by atoms with Gasteiger partial charge in [0.2, 0.25) is 0 Å². The van der Waals surface area contributed by atoms with Crippen molar-refractivity contribution in [2.45, 2.75) is 6.36 Å². The number of halogens is 5. The lowest BCUT2D eigenvalue weighted by Crippen LogP contribution is -2.18. The average molecular weight is 432 g/mol. The molecule has 0 radical (unpaired) electrons. The Hall–Kier alpha value is -3.82. The Labute approximate surface area is 172 Å². The van der Waals surface area contributed by atoms with Gasteiger partial charge in [0.15, 0.2) is 17.5 Å². The summed E-state index contributed by atoms with van der Waals surface area (Å²) in [5, 5.41) is 3.14. The molecule has 0 atom stereocenters. The Bertz CT molecular complexity index is 1260. The van der Waals surface area contributed by atoms with Crippen LogP contribution in [0.15, 0.2) is 54.9 Å². The van der Waals surface area contributed by atoms with Crippen molar-refractivity contribution in [3.05, 3.63) is 66.5 Å². The summed E-state index contributed by atoms with van der Waals surface area (Å²) in [4.78, 5) is 12.7. The smallest absolute Gasteiger partial charge is 0.405 e. The highest BCUT2D eigenvalue weighted by molar-refractivity contribution is 5.96. The van der Waals surface area contributed by atoms with Crippen molar-refractivity contribution in [3.63, 3.8) is 0 Å². The number of nitrogens with zero attached hydrogens (tertiary/aromatic N) is 3. The molecule has 0 saturated carbocycles. The summed E-state index contributed by atoms with van der Waals surface area (Å²) in [5.41, 5.74) is -0.0342. The van der Waals surface area contributed by atoms with Crippen molar-refractivity contribution in [1.82, 2.24) is 15.0 Å². The zero-order valence-corrected chi connectivity index (χ0v) is 15.8. The summed E-state index contributed by atoms with van der Waals surface area (Å²) in [7, 11) is 1.57. The van der Waals surface area contributed by atoms with Crippen molar-refractivity contribution < 1.29 is 26.7 Å². The van der Waals surface area contributed by atoms with Crippen molar-refractivity contribution >= 4 is 16.7 Å². The lowest BCUT2D eigenvalue weighted by molar-refractivity contribution is -0.274. The van der Waals surface area contributed by atoms with Crippen molar-refractivity contribution in [2.75, 3.05) is 12.4 Å². The van der Waals surface area contributed by atoms with Crippen LogP contribution in [0, 0.1) is 11.6 Å². The highest BCUT2D eigenvalue weighted by Gasteiger charge is 2.33. The van der Waals surface area contributed by atoms with E-state index in [-0.39, 0.29) is 28.3 Å². The molecule has 1 N–H and O–H groups in total. The number of pyridine rings is 1. The van der Waals surface area contributed by atoms with E-state index in [1.807, 2.05) is 0 Å². The van der Waals surface area contributed by atoms with Gasteiger partial charge in [0.05, 0.1) is 5.52 Å². The van der Waals surface area contributed by atoms with Crippen LogP contribution < -0.4 is 10.1 Å². The van der Waals surface area contributed by atoms with Gasteiger partial charge in [-0.15, -0.1) is 13.2 Å². The van der Waals surface area contributed by atoms with E-state index in [0.29, 0.717) is 10.9 Å². The molecular weight excluding hydrogens is 419 g/mol. The topological polar surface area (TPSA) is 59.9 Å². The van der Waals surface area contributed by atoms with Crippen LogP contribution in [-0.2, 0) is 0 Å². The summed E-state index contributed by atoms with van der Waals surface area (Å²) in [6.45, 7) is 0. The number of benzene rings is 2. The van der Waals surface area contributed by atoms with Gasteiger partial charge >= 0.3 is 6.36 Å². The second-order valence-electron chi connectivity index (χ2n) is 6.40. The number of ether oxygens (including phenoxy) is 1. The highest BCUT2D eigenvalue weighted by atomic mass is 19.4. The van der Waals surface area contributed by atoms with E-state index in [1.165, 1.54) is 18.3 Å². The third kappa shape index (κ3) is 4.09. The number of alkyl halides is 3. The van der Waals surface area contributed by atoms with Crippen LogP contribution in [0.5, 0.6) is 5.75 Å². The molecule has 0 aliphatic carbocycles. The predicted octanol–water partition coefficient (Wildman–Crippen LogP) is 5.58. The van der Waals surface area contributed by atoms with E-state index >= 15 is 0 Å². The summed E-state index contributed by atoms with van der Waals surface area (Å²) >= 11 is 0. The van der Waals surface area contributed by atoms with Crippen LogP contribution >= 0.6 is 0 Å². The van der Waals surface area contributed by atoms with Crippen molar-refractivity contribution in [1.29, 1.82) is 0 Å². The fraction of sp³-hybridized carbons (Fsp3) is 0.0952. The molecule has 0 aliphatic heterocycles. The number of rotatable bonds is 4. The number of hydrogen-bond acceptors (Lipinski definition) is 5. The van der Waals surface area contributed by atoms with Gasteiger partial charge in [0.1, 0.15) is 11.6 Å². The SMILES string of the molecule is CNc1nc(-c2cccnc2)nc2cc(OC(F)(F)F)c(-c3cccc(F)c3F)cc12. The molecule has 2 aromatic heterocycles. The first kappa shape index (κ1) is 20.5. The molecule has 0 fully saturated rings. The summed E-state index contributed by atoms with van der Waals surface area (Å²) in [6, 6.07) is 8.82. The number of hydrogen-bond donors (Lipinski definition) is 1. The number of anilines is 1. The molecule has 4 aromatic rings. The predicted molar refractivity (Wildman–Crippen MR) is 104 cm³/mol. The number of fused-ring (bicyclic) bond motifs is 1. The summed E-state index contributed by atoms with van der Waals surface area (Å²) in [5.74, 6) is -2.73. The standard InChI is InChI=1S/C21H13F5N4O/c1-27-20-14-8-13(12-5-2-6-15(22)18(12)23)17(31-21(24,25)26)9-16(14)29-19(30-20)11-4-3-7-28-10-11/h2-10H,1H3,(H,27,29,30). The number of aromatic nitrogens is 3. The molecule has 2 heterocycles. The van der Waals surface area contributed by atoms with Crippen molar-refractivity contribution in [2.24, 2.45) is 0 Å². The molecule has 0 saturated heterocycles. The van der Waals surface area contributed by atoms with Crippen LogP contribution in [0.1, 0.15) is 0 Å². The fourth-order valence-corrected chi connectivity index (χ4v) is 3.10. The number of nitrogens with one attached hydrogen (secondary N) is 1. The maximum Gasteiger partial charge on any atom is 0.573 e. The quantitative estimate of drug-likeness (QED) is 0.427. The van der Waals surface area contributed by atoms with Crippen LogP contribution in [0.25, 0.3) is 33.4 Å². The van der Waals surface area contributed by atoms with E-state index in [0.717, 1.165) is 18.2 Å². The van der Waals surface area contributed by atoms with E-state index in [9.17, 15) is 22.0 Å². The van der Waals surface area contributed by atoms with E-state index in [1.54, 1.807) is 25.4 Å². The van der Waals surface area contributed by atoms with Gasteiger partial charge in [0.25, 0.3) is 0 Å². The lowest BCUT2D eigenvalue weighted by Gasteiger charge is -2.16. The molecule has 0 spiro atoms. The van der Waals surface area contributed by atoms with E-state index in [2.05, 4.69) is 25.0 Å². The molecule has 31 heavy (non-hydrogen) atoms. The molecule has 0 aliphatic rings. The minimum Gasteiger partial charge on any atom is -0.405 e. The first-order chi connectivity index (χ1) is 14.8. The normalized spacial score (nSPS) is 11.5. The Kier molecular flexibility index (Phi) is 5.14. The van der Waals surface area contributed by atoms with E-state index < -0.39 is 23.7 Å².